The molecule has 0 saturated heterocycles. The Morgan fingerprint density at radius 3 is 2.56 bits per heavy atom. The number of rotatable bonds is 0. The predicted molar refractivity (Wildman–Crippen MR) is 38.9 cm³/mol. The van der Waals surface area contributed by atoms with Crippen molar-refractivity contribution in [3.8, 4) is 0 Å². The van der Waals surface area contributed by atoms with E-state index in [0.717, 1.165) is 5.56 Å². The highest BCUT2D eigenvalue weighted by Gasteiger charge is 1.96. The van der Waals surface area contributed by atoms with E-state index in [2.05, 4.69) is 0 Å². The molecule has 1 radical (unpaired) electrons. The van der Waals surface area contributed by atoms with Crippen LogP contribution >= 0.6 is 11.6 Å². The molecular formula is C7H7ClN. The average molecular weight is 141 g/mol. The molecule has 0 heterocycles. The molecule has 0 amide bonds. The highest BCUT2D eigenvalue weighted by molar-refractivity contribution is 6.33. The Hall–Kier alpha value is -0.690. The molecule has 0 aliphatic heterocycles. The van der Waals surface area contributed by atoms with E-state index in [1.807, 2.05) is 19.1 Å². The van der Waals surface area contributed by atoms with E-state index in [-0.39, 0.29) is 0 Å². The molecule has 0 aromatic heterocycles. The average Bonchev–Trinajstić information content (AvgIpc) is 1.83. The van der Waals surface area contributed by atoms with Crippen molar-refractivity contribution >= 4 is 17.3 Å². The van der Waals surface area contributed by atoms with Crippen molar-refractivity contribution in [2.45, 2.75) is 6.92 Å². The summed E-state index contributed by atoms with van der Waals surface area (Å²) >= 11 is 5.63. The van der Waals surface area contributed by atoms with Gasteiger partial charge in [0.2, 0.25) is 0 Å². The van der Waals surface area contributed by atoms with E-state index in [0.29, 0.717) is 10.7 Å². The molecule has 2 heteroatoms. The lowest BCUT2D eigenvalue weighted by Gasteiger charge is -1.97. The van der Waals surface area contributed by atoms with Gasteiger partial charge in [-0.15, -0.1) is 0 Å². The standard InChI is InChI=1S/C7H7ClN/c1-5-3-2-4-6(8)7(5)9/h2-4,9H,1H3. The molecule has 0 aliphatic carbocycles. The minimum absolute atomic E-state index is 0.430. The van der Waals surface area contributed by atoms with Crippen LogP contribution in [0.2, 0.25) is 5.02 Å². The molecule has 1 aromatic carbocycles. The SMILES string of the molecule is Cc1cccc(Cl)c1[NH]. The van der Waals surface area contributed by atoms with Crippen LogP contribution in [-0.4, -0.2) is 0 Å². The second kappa shape index (κ2) is 2.28. The van der Waals surface area contributed by atoms with Gasteiger partial charge in [0.05, 0.1) is 10.7 Å². The highest BCUT2D eigenvalue weighted by Crippen LogP contribution is 2.22. The van der Waals surface area contributed by atoms with Gasteiger partial charge in [0.25, 0.3) is 0 Å². The molecule has 0 fully saturated rings. The van der Waals surface area contributed by atoms with Gasteiger partial charge in [-0.05, 0) is 18.6 Å². The van der Waals surface area contributed by atoms with Crippen LogP contribution < -0.4 is 5.73 Å². The second-order valence-corrected chi connectivity index (χ2v) is 2.34. The Kier molecular flexibility index (Phi) is 1.63. The topological polar surface area (TPSA) is 23.8 Å². The van der Waals surface area contributed by atoms with Crippen molar-refractivity contribution in [3.63, 3.8) is 0 Å². The van der Waals surface area contributed by atoms with Crippen molar-refractivity contribution < 1.29 is 0 Å². The molecule has 0 atom stereocenters. The van der Waals surface area contributed by atoms with Crippen LogP contribution in [0.15, 0.2) is 18.2 Å². The van der Waals surface area contributed by atoms with Gasteiger partial charge in [-0.25, -0.2) is 0 Å². The summed E-state index contributed by atoms with van der Waals surface area (Å²) in [6, 6.07) is 5.43. The first-order chi connectivity index (χ1) is 4.22. The molecule has 0 unspecified atom stereocenters. The van der Waals surface area contributed by atoms with E-state index >= 15 is 0 Å². The fraction of sp³-hybridized carbons (Fsp3) is 0.143. The Morgan fingerprint density at radius 2 is 2.11 bits per heavy atom. The molecule has 0 aliphatic rings. The van der Waals surface area contributed by atoms with Crippen LogP contribution in [0.4, 0.5) is 5.69 Å². The monoisotopic (exact) mass is 140 g/mol. The normalized spacial score (nSPS) is 9.56. The van der Waals surface area contributed by atoms with Crippen LogP contribution in [0, 0.1) is 6.92 Å². The summed E-state index contributed by atoms with van der Waals surface area (Å²) < 4.78 is 0. The smallest absolute Gasteiger partial charge is 0.0755 e. The number of aryl methyl sites for hydroxylation is 1. The van der Waals surface area contributed by atoms with Gasteiger partial charge >= 0.3 is 0 Å². The van der Waals surface area contributed by atoms with Crippen LogP contribution in [0.1, 0.15) is 5.56 Å². The molecule has 0 bridgehead atoms. The zero-order chi connectivity index (χ0) is 6.85. The Bertz CT molecular complexity index is 200. The van der Waals surface area contributed by atoms with Crippen LogP contribution in [0.3, 0.4) is 0 Å². The van der Waals surface area contributed by atoms with Crippen molar-refractivity contribution in [2.24, 2.45) is 0 Å². The van der Waals surface area contributed by atoms with E-state index in [1.54, 1.807) is 6.07 Å². The van der Waals surface area contributed by atoms with Crippen molar-refractivity contribution in [1.82, 2.24) is 5.73 Å². The summed E-state index contributed by atoms with van der Waals surface area (Å²) in [5.74, 6) is 0. The third-order valence-electron chi connectivity index (χ3n) is 1.22. The summed E-state index contributed by atoms with van der Waals surface area (Å²) in [6.07, 6.45) is 0. The van der Waals surface area contributed by atoms with Crippen LogP contribution in [0.5, 0.6) is 0 Å². The summed E-state index contributed by atoms with van der Waals surface area (Å²) in [4.78, 5) is 0. The van der Waals surface area contributed by atoms with E-state index in [9.17, 15) is 0 Å². The van der Waals surface area contributed by atoms with E-state index in [4.69, 9.17) is 17.3 Å². The van der Waals surface area contributed by atoms with Crippen molar-refractivity contribution in [1.29, 1.82) is 0 Å². The molecule has 47 valence electrons. The third kappa shape index (κ3) is 1.16. The van der Waals surface area contributed by atoms with Gasteiger partial charge in [-0.1, -0.05) is 23.7 Å². The van der Waals surface area contributed by atoms with Crippen LogP contribution in [0.25, 0.3) is 0 Å². The lowest BCUT2D eigenvalue weighted by atomic mass is 10.2. The van der Waals surface area contributed by atoms with Gasteiger partial charge in [-0.2, -0.15) is 0 Å². The molecule has 1 rings (SSSR count). The summed E-state index contributed by atoms with van der Waals surface area (Å²) in [7, 11) is 0. The summed E-state index contributed by atoms with van der Waals surface area (Å²) in [5, 5.41) is 0.523. The zero-order valence-electron chi connectivity index (χ0n) is 5.11. The Balaban J connectivity index is 3.25. The van der Waals surface area contributed by atoms with Gasteiger partial charge in [-0.3, -0.25) is 5.73 Å². The number of halogens is 1. The van der Waals surface area contributed by atoms with Gasteiger partial charge in [0, 0.05) is 0 Å². The molecular weight excluding hydrogens is 134 g/mol. The molecule has 1 N–H and O–H groups in total. The first-order valence-corrected chi connectivity index (χ1v) is 3.06. The Labute approximate surface area is 59.4 Å². The summed E-state index contributed by atoms with van der Waals surface area (Å²) in [6.45, 7) is 1.87. The first kappa shape index (κ1) is 6.43. The lowest BCUT2D eigenvalue weighted by Crippen LogP contribution is -1.76. The molecule has 0 saturated carbocycles. The number of benzene rings is 1. The summed E-state index contributed by atoms with van der Waals surface area (Å²) in [5.41, 5.74) is 8.66. The van der Waals surface area contributed by atoms with E-state index in [1.165, 1.54) is 0 Å². The van der Waals surface area contributed by atoms with Crippen molar-refractivity contribution in [2.75, 3.05) is 0 Å². The Morgan fingerprint density at radius 1 is 1.44 bits per heavy atom. The van der Waals surface area contributed by atoms with Gasteiger partial charge in [0.1, 0.15) is 0 Å². The predicted octanol–water partition coefficient (Wildman–Crippen LogP) is 2.56. The zero-order valence-corrected chi connectivity index (χ0v) is 5.87. The molecule has 1 nitrogen and oxygen atoms in total. The quantitative estimate of drug-likeness (QED) is 0.529. The second-order valence-electron chi connectivity index (χ2n) is 1.93. The maximum Gasteiger partial charge on any atom is 0.0755 e. The minimum atomic E-state index is 0.430. The molecule has 9 heavy (non-hydrogen) atoms. The maximum absolute atomic E-state index is 7.31. The molecule has 1 aromatic rings. The lowest BCUT2D eigenvalue weighted by molar-refractivity contribution is 1.37. The number of nitrogens with one attached hydrogen (secondary N) is 1. The number of hydrogen-bond acceptors (Lipinski definition) is 0. The molecule has 0 spiro atoms. The first-order valence-electron chi connectivity index (χ1n) is 2.68. The van der Waals surface area contributed by atoms with Gasteiger partial charge < -0.3 is 0 Å². The number of hydrogen-bond donors (Lipinski definition) is 0. The fourth-order valence-corrected chi connectivity index (χ4v) is 0.854. The fourth-order valence-electron chi connectivity index (χ4n) is 0.632. The van der Waals surface area contributed by atoms with Gasteiger partial charge in [0.15, 0.2) is 0 Å². The third-order valence-corrected chi connectivity index (χ3v) is 1.54. The largest absolute Gasteiger partial charge is 0.299 e. The van der Waals surface area contributed by atoms with Crippen LogP contribution in [-0.2, 0) is 0 Å². The minimum Gasteiger partial charge on any atom is -0.299 e. The van der Waals surface area contributed by atoms with E-state index < -0.39 is 0 Å². The van der Waals surface area contributed by atoms with Crippen molar-refractivity contribution in [3.05, 3.63) is 28.8 Å². The highest BCUT2D eigenvalue weighted by atomic mass is 35.5. The maximum atomic E-state index is 7.31.